The monoisotopic (exact) mass is 285 g/mol. The molecule has 0 heterocycles. The van der Waals surface area contributed by atoms with E-state index in [0.29, 0.717) is 13.2 Å². The zero-order chi connectivity index (χ0) is 14.9. The highest BCUT2D eigenvalue weighted by atomic mass is 16.5. The second-order valence-corrected chi connectivity index (χ2v) is 4.90. The van der Waals surface area contributed by atoms with Crippen molar-refractivity contribution >= 4 is 0 Å². The number of benzene rings is 2. The lowest BCUT2D eigenvalue weighted by Crippen LogP contribution is -2.12. The van der Waals surface area contributed by atoms with Gasteiger partial charge in [0.2, 0.25) is 0 Å². The molecule has 0 fully saturated rings. The first-order chi connectivity index (χ1) is 10.3. The minimum atomic E-state index is 0.554. The summed E-state index contributed by atoms with van der Waals surface area (Å²) in [6.45, 7) is 5.10. The maximum absolute atomic E-state index is 5.81. The van der Waals surface area contributed by atoms with Gasteiger partial charge in [-0.2, -0.15) is 0 Å². The number of rotatable bonds is 8. The van der Waals surface area contributed by atoms with E-state index < -0.39 is 0 Å². The Hall–Kier alpha value is -1.84. The molecule has 21 heavy (non-hydrogen) atoms. The second-order valence-electron chi connectivity index (χ2n) is 4.90. The number of methoxy groups -OCH3 is 1. The summed E-state index contributed by atoms with van der Waals surface area (Å²) < 4.78 is 11.2. The zero-order valence-corrected chi connectivity index (χ0v) is 12.8. The van der Waals surface area contributed by atoms with Crippen LogP contribution >= 0.6 is 0 Å². The van der Waals surface area contributed by atoms with Crippen molar-refractivity contribution in [3.8, 4) is 5.75 Å². The summed E-state index contributed by atoms with van der Waals surface area (Å²) in [5.74, 6) is 0.878. The predicted octanol–water partition coefficient (Wildman–Crippen LogP) is 3.52. The molecule has 112 valence electrons. The predicted molar refractivity (Wildman–Crippen MR) is 85.3 cm³/mol. The van der Waals surface area contributed by atoms with Gasteiger partial charge in [0.1, 0.15) is 5.75 Å². The Morgan fingerprint density at radius 1 is 0.952 bits per heavy atom. The van der Waals surface area contributed by atoms with Crippen molar-refractivity contribution in [2.75, 3.05) is 13.7 Å². The average molecular weight is 285 g/mol. The number of hydrogen-bond acceptors (Lipinski definition) is 3. The van der Waals surface area contributed by atoms with Crippen molar-refractivity contribution in [3.05, 3.63) is 65.2 Å². The van der Waals surface area contributed by atoms with Crippen LogP contribution in [0.4, 0.5) is 0 Å². The normalized spacial score (nSPS) is 10.6. The molecule has 0 spiro atoms. The molecule has 0 radical (unpaired) electrons. The Balaban J connectivity index is 1.96. The van der Waals surface area contributed by atoms with Crippen LogP contribution in [0.25, 0.3) is 0 Å². The Labute approximate surface area is 126 Å². The number of hydrogen-bond donors (Lipinski definition) is 1. The molecule has 3 heteroatoms. The Bertz CT molecular complexity index is 540. The fourth-order valence-corrected chi connectivity index (χ4v) is 2.18. The van der Waals surface area contributed by atoms with Crippen LogP contribution in [0.2, 0.25) is 0 Å². The molecule has 0 amide bonds. The highest BCUT2D eigenvalue weighted by Crippen LogP contribution is 2.21. The summed E-state index contributed by atoms with van der Waals surface area (Å²) >= 11 is 0. The average Bonchev–Trinajstić information content (AvgIpc) is 2.54. The molecule has 0 aliphatic heterocycles. The Morgan fingerprint density at radius 3 is 2.48 bits per heavy atom. The molecular formula is C18H23NO2. The van der Waals surface area contributed by atoms with E-state index in [1.807, 2.05) is 24.3 Å². The van der Waals surface area contributed by atoms with Gasteiger partial charge in [-0.1, -0.05) is 43.3 Å². The summed E-state index contributed by atoms with van der Waals surface area (Å²) in [5, 5.41) is 3.33. The third-order valence-electron chi connectivity index (χ3n) is 3.29. The second kappa shape index (κ2) is 8.45. The van der Waals surface area contributed by atoms with Crippen LogP contribution in [-0.4, -0.2) is 13.7 Å². The van der Waals surface area contributed by atoms with Crippen molar-refractivity contribution in [3.63, 3.8) is 0 Å². The Kier molecular flexibility index (Phi) is 6.25. The van der Waals surface area contributed by atoms with Crippen LogP contribution in [0.15, 0.2) is 48.5 Å². The topological polar surface area (TPSA) is 30.5 Å². The van der Waals surface area contributed by atoms with E-state index in [0.717, 1.165) is 24.4 Å². The number of ether oxygens (including phenoxy) is 2. The minimum Gasteiger partial charge on any atom is -0.496 e. The van der Waals surface area contributed by atoms with Gasteiger partial charge in [-0.15, -0.1) is 0 Å². The summed E-state index contributed by atoms with van der Waals surface area (Å²) in [7, 11) is 1.69. The summed E-state index contributed by atoms with van der Waals surface area (Å²) in [6, 6.07) is 16.4. The molecule has 0 saturated heterocycles. The highest BCUT2D eigenvalue weighted by Gasteiger charge is 2.05. The Morgan fingerprint density at radius 2 is 1.76 bits per heavy atom. The fraction of sp³-hybridized carbons (Fsp3) is 0.333. The summed E-state index contributed by atoms with van der Waals surface area (Å²) in [6.07, 6.45) is 0. The summed E-state index contributed by atoms with van der Waals surface area (Å²) in [5.41, 5.74) is 3.51. The van der Waals surface area contributed by atoms with Crippen molar-refractivity contribution in [1.82, 2.24) is 5.32 Å². The SMILES string of the molecule is CCNCc1ccc(OC)c(COCc2ccccc2)c1. The molecule has 0 bridgehead atoms. The molecule has 3 nitrogen and oxygen atoms in total. The zero-order valence-electron chi connectivity index (χ0n) is 12.8. The standard InChI is InChI=1S/C18H23NO2/c1-3-19-12-16-9-10-18(20-2)17(11-16)14-21-13-15-7-5-4-6-8-15/h4-11,19H,3,12-14H2,1-2H3. The van der Waals surface area contributed by atoms with Gasteiger partial charge >= 0.3 is 0 Å². The van der Waals surface area contributed by atoms with Crippen molar-refractivity contribution in [2.24, 2.45) is 0 Å². The molecule has 0 unspecified atom stereocenters. The third kappa shape index (κ3) is 4.88. The van der Waals surface area contributed by atoms with Crippen LogP contribution in [0, 0.1) is 0 Å². The van der Waals surface area contributed by atoms with Gasteiger partial charge in [-0.3, -0.25) is 0 Å². The molecule has 0 atom stereocenters. The van der Waals surface area contributed by atoms with Crippen LogP contribution in [0.3, 0.4) is 0 Å². The first-order valence-electron chi connectivity index (χ1n) is 7.31. The van der Waals surface area contributed by atoms with Crippen molar-refractivity contribution in [1.29, 1.82) is 0 Å². The molecule has 0 aromatic heterocycles. The first-order valence-corrected chi connectivity index (χ1v) is 7.31. The molecule has 2 aromatic carbocycles. The van der Waals surface area contributed by atoms with E-state index in [-0.39, 0.29) is 0 Å². The number of nitrogens with one attached hydrogen (secondary N) is 1. The molecule has 2 aromatic rings. The van der Waals surface area contributed by atoms with E-state index in [1.165, 1.54) is 11.1 Å². The maximum atomic E-state index is 5.81. The molecule has 0 aliphatic carbocycles. The van der Waals surface area contributed by atoms with E-state index in [9.17, 15) is 0 Å². The van der Waals surface area contributed by atoms with Crippen molar-refractivity contribution in [2.45, 2.75) is 26.7 Å². The van der Waals surface area contributed by atoms with Gasteiger partial charge < -0.3 is 14.8 Å². The van der Waals surface area contributed by atoms with Crippen molar-refractivity contribution < 1.29 is 9.47 Å². The van der Waals surface area contributed by atoms with Gasteiger partial charge in [0.25, 0.3) is 0 Å². The molecule has 2 rings (SSSR count). The van der Waals surface area contributed by atoms with Gasteiger partial charge in [-0.05, 0) is 29.8 Å². The lowest BCUT2D eigenvalue weighted by molar-refractivity contribution is 0.105. The van der Waals surface area contributed by atoms with E-state index >= 15 is 0 Å². The van der Waals surface area contributed by atoms with Gasteiger partial charge in [0, 0.05) is 12.1 Å². The summed E-state index contributed by atoms with van der Waals surface area (Å²) in [4.78, 5) is 0. The largest absolute Gasteiger partial charge is 0.496 e. The lowest BCUT2D eigenvalue weighted by atomic mass is 10.1. The van der Waals surface area contributed by atoms with Crippen LogP contribution in [0.5, 0.6) is 5.75 Å². The third-order valence-corrected chi connectivity index (χ3v) is 3.29. The van der Waals surface area contributed by atoms with E-state index in [2.05, 4.69) is 36.5 Å². The van der Waals surface area contributed by atoms with Gasteiger partial charge in [0.05, 0.1) is 20.3 Å². The highest BCUT2D eigenvalue weighted by molar-refractivity contribution is 5.37. The fourth-order valence-electron chi connectivity index (χ4n) is 2.18. The first kappa shape index (κ1) is 15.5. The molecule has 1 N–H and O–H groups in total. The van der Waals surface area contributed by atoms with Crippen LogP contribution in [0.1, 0.15) is 23.6 Å². The van der Waals surface area contributed by atoms with Gasteiger partial charge in [-0.25, -0.2) is 0 Å². The van der Waals surface area contributed by atoms with E-state index in [1.54, 1.807) is 7.11 Å². The van der Waals surface area contributed by atoms with E-state index in [4.69, 9.17) is 9.47 Å². The van der Waals surface area contributed by atoms with Gasteiger partial charge in [0.15, 0.2) is 0 Å². The molecule has 0 saturated carbocycles. The maximum Gasteiger partial charge on any atom is 0.124 e. The lowest BCUT2D eigenvalue weighted by Gasteiger charge is -2.12. The minimum absolute atomic E-state index is 0.554. The molecule has 0 aliphatic rings. The quantitative estimate of drug-likeness (QED) is 0.805. The smallest absolute Gasteiger partial charge is 0.124 e. The van der Waals surface area contributed by atoms with Crippen LogP contribution < -0.4 is 10.1 Å². The van der Waals surface area contributed by atoms with Crippen LogP contribution in [-0.2, 0) is 24.5 Å². The molecular weight excluding hydrogens is 262 g/mol.